The summed E-state index contributed by atoms with van der Waals surface area (Å²) in [7, 11) is 0. The number of hydrogen-bond acceptors (Lipinski definition) is 2. The summed E-state index contributed by atoms with van der Waals surface area (Å²) < 4.78 is 0. The maximum absolute atomic E-state index is 11.8. The van der Waals surface area contributed by atoms with E-state index in [9.17, 15) is 14.7 Å². The molecule has 1 atom stereocenters. The largest absolute Gasteiger partial charge is 0.480 e. The molecule has 0 saturated heterocycles. The number of carbonyl (C=O) groups is 2. The first-order valence-electron chi connectivity index (χ1n) is 7.78. The predicted molar refractivity (Wildman–Crippen MR) is 91.3 cm³/mol. The zero-order chi connectivity index (χ0) is 16.7. The van der Waals surface area contributed by atoms with Crippen LogP contribution in [0.15, 0.2) is 54.6 Å². The van der Waals surface area contributed by atoms with E-state index in [-0.39, 0.29) is 12.3 Å². The summed E-state index contributed by atoms with van der Waals surface area (Å²) in [5.41, 5.74) is 0.910. The molecule has 4 heteroatoms. The normalized spacial score (nSPS) is 12.4. The number of carboxylic acids is 1. The monoisotopic (exact) mass is 311 g/mol. The first-order chi connectivity index (χ1) is 11.1. The third kappa shape index (κ3) is 4.68. The van der Waals surface area contributed by atoms with Gasteiger partial charge in [-0.05, 0) is 28.8 Å². The quantitative estimate of drug-likeness (QED) is 0.771. The number of aliphatic carboxylic acids is 1. The molecule has 0 aliphatic heterocycles. The summed E-state index contributed by atoms with van der Waals surface area (Å²) in [6, 6.07) is 12.7. The lowest BCUT2D eigenvalue weighted by atomic mass is 9.99. The maximum atomic E-state index is 11.8. The van der Waals surface area contributed by atoms with Crippen LogP contribution in [0.3, 0.4) is 0 Å². The third-order valence-electron chi connectivity index (χ3n) is 3.64. The molecule has 2 N–H and O–H groups in total. The van der Waals surface area contributed by atoms with Crippen LogP contribution >= 0.6 is 0 Å². The van der Waals surface area contributed by atoms with E-state index in [0.717, 1.165) is 29.2 Å². The standard InChI is InChI=1S/C19H21NO3/c1-2-3-4-12-18(21)20-17(19(22)23)13-15-10-7-9-14-8-5-6-11-16(14)15/h4-12,17H,2-3,13H2,1H3,(H,20,21)(H,22,23). The number of allylic oxidation sites excluding steroid dienone is 1. The Balaban J connectivity index is 2.15. The summed E-state index contributed by atoms with van der Waals surface area (Å²) in [5, 5.41) is 14.0. The van der Waals surface area contributed by atoms with Gasteiger partial charge in [-0.1, -0.05) is 61.9 Å². The van der Waals surface area contributed by atoms with Gasteiger partial charge in [0.2, 0.25) is 5.91 Å². The highest BCUT2D eigenvalue weighted by Crippen LogP contribution is 2.19. The van der Waals surface area contributed by atoms with Gasteiger partial charge < -0.3 is 10.4 Å². The minimum Gasteiger partial charge on any atom is -0.480 e. The van der Waals surface area contributed by atoms with Crippen molar-refractivity contribution in [3.05, 3.63) is 60.2 Å². The molecule has 0 fully saturated rings. The fourth-order valence-electron chi connectivity index (χ4n) is 2.47. The van der Waals surface area contributed by atoms with E-state index >= 15 is 0 Å². The van der Waals surface area contributed by atoms with Gasteiger partial charge in [0.15, 0.2) is 0 Å². The highest BCUT2D eigenvalue weighted by Gasteiger charge is 2.20. The van der Waals surface area contributed by atoms with Gasteiger partial charge in [-0.25, -0.2) is 4.79 Å². The second kappa shape index (κ2) is 8.13. The minimum atomic E-state index is -1.03. The molecule has 0 radical (unpaired) electrons. The molecule has 1 unspecified atom stereocenters. The maximum Gasteiger partial charge on any atom is 0.326 e. The Hall–Kier alpha value is -2.62. The molecule has 0 spiro atoms. The minimum absolute atomic E-state index is 0.254. The number of benzene rings is 2. The Bertz CT molecular complexity index is 716. The number of nitrogens with one attached hydrogen (secondary N) is 1. The van der Waals surface area contributed by atoms with Gasteiger partial charge >= 0.3 is 5.97 Å². The summed E-state index contributed by atoms with van der Waals surface area (Å²) in [4.78, 5) is 23.3. The molecule has 0 saturated carbocycles. The lowest BCUT2D eigenvalue weighted by Crippen LogP contribution is -2.41. The molecule has 120 valence electrons. The zero-order valence-electron chi connectivity index (χ0n) is 13.2. The van der Waals surface area contributed by atoms with Gasteiger partial charge in [-0.15, -0.1) is 0 Å². The van der Waals surface area contributed by atoms with E-state index in [2.05, 4.69) is 5.32 Å². The summed E-state index contributed by atoms with van der Waals surface area (Å²) in [6.07, 6.45) is 5.16. The Kier molecular flexibility index (Phi) is 5.92. The first-order valence-corrected chi connectivity index (χ1v) is 7.78. The number of rotatable bonds is 7. The SMILES string of the molecule is CCCC=CC(=O)NC(Cc1cccc2ccccc12)C(=O)O. The van der Waals surface area contributed by atoms with Crippen LogP contribution in [-0.4, -0.2) is 23.0 Å². The lowest BCUT2D eigenvalue weighted by Gasteiger charge is -2.15. The highest BCUT2D eigenvalue weighted by atomic mass is 16.4. The predicted octanol–water partition coefficient (Wildman–Crippen LogP) is 3.31. The Morgan fingerprint density at radius 2 is 1.91 bits per heavy atom. The van der Waals surface area contributed by atoms with E-state index in [0.29, 0.717) is 0 Å². The van der Waals surface area contributed by atoms with Crippen LogP contribution in [0.2, 0.25) is 0 Å². The number of hydrogen-bond donors (Lipinski definition) is 2. The van der Waals surface area contributed by atoms with Gasteiger partial charge in [0.05, 0.1) is 0 Å². The van der Waals surface area contributed by atoms with E-state index in [1.807, 2.05) is 49.4 Å². The summed E-state index contributed by atoms with van der Waals surface area (Å²) in [6.45, 7) is 2.02. The van der Waals surface area contributed by atoms with Crippen LogP contribution in [0, 0.1) is 0 Å². The summed E-state index contributed by atoms with van der Waals surface area (Å²) in [5.74, 6) is -1.40. The van der Waals surface area contributed by atoms with Crippen molar-refractivity contribution in [1.82, 2.24) is 5.32 Å². The van der Waals surface area contributed by atoms with Crippen molar-refractivity contribution in [3.63, 3.8) is 0 Å². The van der Waals surface area contributed by atoms with Crippen LogP contribution < -0.4 is 5.32 Å². The molecule has 2 aromatic rings. The molecule has 2 aromatic carbocycles. The first kappa shape index (κ1) is 16.7. The fraction of sp³-hybridized carbons (Fsp3) is 0.263. The molecule has 0 aliphatic carbocycles. The molecule has 0 aliphatic rings. The molecule has 0 aromatic heterocycles. The molecule has 2 rings (SSSR count). The van der Waals surface area contributed by atoms with Crippen molar-refractivity contribution in [2.24, 2.45) is 0 Å². The molecule has 23 heavy (non-hydrogen) atoms. The Morgan fingerprint density at radius 3 is 2.65 bits per heavy atom. The molecule has 0 bridgehead atoms. The van der Waals surface area contributed by atoms with Crippen LogP contribution in [-0.2, 0) is 16.0 Å². The molecular formula is C19H21NO3. The number of fused-ring (bicyclic) bond motifs is 1. The number of amides is 1. The van der Waals surface area contributed by atoms with Gasteiger partial charge in [0.25, 0.3) is 0 Å². The van der Waals surface area contributed by atoms with Crippen LogP contribution in [0.4, 0.5) is 0 Å². The van der Waals surface area contributed by atoms with Gasteiger partial charge in [-0.3, -0.25) is 4.79 Å². The molecule has 4 nitrogen and oxygen atoms in total. The van der Waals surface area contributed by atoms with Gasteiger partial charge in [0.1, 0.15) is 6.04 Å². The van der Waals surface area contributed by atoms with Crippen molar-refractivity contribution in [2.45, 2.75) is 32.2 Å². The van der Waals surface area contributed by atoms with Gasteiger partial charge in [-0.2, -0.15) is 0 Å². The Morgan fingerprint density at radius 1 is 1.17 bits per heavy atom. The lowest BCUT2D eigenvalue weighted by molar-refractivity contribution is -0.141. The van der Waals surface area contributed by atoms with Crippen molar-refractivity contribution in [1.29, 1.82) is 0 Å². The van der Waals surface area contributed by atoms with E-state index in [1.54, 1.807) is 6.08 Å². The van der Waals surface area contributed by atoms with E-state index in [4.69, 9.17) is 0 Å². The summed E-state index contributed by atoms with van der Waals surface area (Å²) >= 11 is 0. The van der Waals surface area contributed by atoms with Crippen molar-refractivity contribution in [3.8, 4) is 0 Å². The van der Waals surface area contributed by atoms with Crippen LogP contribution in [0.5, 0.6) is 0 Å². The van der Waals surface area contributed by atoms with Gasteiger partial charge in [0, 0.05) is 6.42 Å². The molecule has 1 amide bonds. The third-order valence-corrected chi connectivity index (χ3v) is 3.64. The van der Waals surface area contributed by atoms with E-state index < -0.39 is 12.0 Å². The molecular weight excluding hydrogens is 290 g/mol. The number of unbranched alkanes of at least 4 members (excludes halogenated alkanes) is 1. The topological polar surface area (TPSA) is 66.4 Å². The zero-order valence-corrected chi connectivity index (χ0v) is 13.2. The van der Waals surface area contributed by atoms with Crippen molar-refractivity contribution < 1.29 is 14.7 Å². The van der Waals surface area contributed by atoms with E-state index in [1.165, 1.54) is 6.08 Å². The van der Waals surface area contributed by atoms with Crippen molar-refractivity contribution in [2.75, 3.05) is 0 Å². The smallest absolute Gasteiger partial charge is 0.326 e. The van der Waals surface area contributed by atoms with Crippen molar-refractivity contribution >= 4 is 22.6 Å². The van der Waals surface area contributed by atoms with Crippen LogP contribution in [0.25, 0.3) is 10.8 Å². The highest BCUT2D eigenvalue weighted by molar-refractivity contribution is 5.92. The molecule has 0 heterocycles. The number of carboxylic acid groups (broad SMARTS) is 1. The van der Waals surface area contributed by atoms with Crippen LogP contribution in [0.1, 0.15) is 25.3 Å². The average Bonchev–Trinajstić information content (AvgIpc) is 2.54. The fourth-order valence-corrected chi connectivity index (χ4v) is 2.47. The number of carbonyl (C=O) groups excluding carboxylic acids is 1. The second-order valence-corrected chi connectivity index (χ2v) is 5.43. The Labute approximate surface area is 135 Å². The second-order valence-electron chi connectivity index (χ2n) is 5.43. The average molecular weight is 311 g/mol.